The number of nitrogens with zero attached hydrogens (tertiary/aromatic N) is 1. The maximum atomic E-state index is 12.8. The Bertz CT molecular complexity index is 1210. The van der Waals surface area contributed by atoms with Crippen LogP contribution < -0.4 is 0 Å². The summed E-state index contributed by atoms with van der Waals surface area (Å²) in [6.07, 6.45) is 57.0. The second-order valence-electron chi connectivity index (χ2n) is 18.4. The lowest BCUT2D eigenvalue weighted by atomic mass is 10.0. The van der Waals surface area contributed by atoms with Crippen LogP contribution >= 0.6 is 0 Å². The number of likely N-dealkylation sites (N-methyl/N-ethyl adjacent to an activating group) is 1. The second-order valence-corrected chi connectivity index (χ2v) is 18.4. The van der Waals surface area contributed by atoms with Gasteiger partial charge in [-0.25, -0.2) is 4.79 Å². The Kier molecular flexibility index (Phi) is 43.4. The number of hydrogen-bond acceptors (Lipinski definition) is 6. The van der Waals surface area contributed by atoms with Crippen molar-refractivity contribution < 1.29 is 38.2 Å². The number of esters is 2. The molecular formula is C55H98NO7+. The van der Waals surface area contributed by atoms with Crippen LogP contribution in [0.25, 0.3) is 0 Å². The lowest BCUT2D eigenvalue weighted by Crippen LogP contribution is -2.50. The summed E-state index contributed by atoms with van der Waals surface area (Å²) in [7, 11) is 5.53. The summed E-state index contributed by atoms with van der Waals surface area (Å²) < 4.78 is 17.3. The van der Waals surface area contributed by atoms with Gasteiger partial charge in [0.1, 0.15) is 6.61 Å². The smallest absolute Gasteiger partial charge is 0.362 e. The SMILES string of the molecule is CC/C=C/C/C=C/C/C=C/C/C=C/C/C=C/CCCCCCC(=O)OC(COCCC(C(=O)O)[N+](C)(C)C)COC(=O)CCCCCCCCCCCCCCCCCCCCC. The number of hydrogen-bond donors (Lipinski definition) is 1. The summed E-state index contributed by atoms with van der Waals surface area (Å²) in [6, 6.07) is -0.621. The number of carbonyl (C=O) groups is 3. The molecule has 0 aliphatic carbocycles. The molecule has 364 valence electrons. The second kappa shape index (κ2) is 45.6. The van der Waals surface area contributed by atoms with E-state index in [1.54, 1.807) is 0 Å². The number of quaternary nitrogens is 1. The number of carboxylic acids is 1. The van der Waals surface area contributed by atoms with E-state index in [9.17, 15) is 19.5 Å². The number of unbranched alkanes of at least 4 members (excludes halogenated alkanes) is 22. The monoisotopic (exact) mass is 885 g/mol. The first-order chi connectivity index (χ1) is 30.6. The van der Waals surface area contributed by atoms with E-state index >= 15 is 0 Å². The average molecular weight is 885 g/mol. The molecule has 0 bridgehead atoms. The normalized spacial score (nSPS) is 13.3. The van der Waals surface area contributed by atoms with E-state index in [4.69, 9.17) is 14.2 Å². The number of allylic oxidation sites excluding steroid dienone is 10. The fourth-order valence-corrected chi connectivity index (χ4v) is 7.47. The van der Waals surface area contributed by atoms with Crippen molar-refractivity contribution >= 4 is 17.9 Å². The van der Waals surface area contributed by atoms with Crippen LogP contribution in [0.15, 0.2) is 60.8 Å². The Morgan fingerprint density at radius 2 is 0.889 bits per heavy atom. The molecule has 0 saturated carbocycles. The van der Waals surface area contributed by atoms with Gasteiger partial charge >= 0.3 is 17.9 Å². The predicted octanol–water partition coefficient (Wildman–Crippen LogP) is 14.9. The average Bonchev–Trinajstić information content (AvgIpc) is 3.24. The summed E-state index contributed by atoms with van der Waals surface area (Å²) in [5.74, 6) is -1.49. The quantitative estimate of drug-likeness (QED) is 0.0281. The Morgan fingerprint density at radius 1 is 0.492 bits per heavy atom. The van der Waals surface area contributed by atoms with Crippen LogP contribution in [0.5, 0.6) is 0 Å². The van der Waals surface area contributed by atoms with Gasteiger partial charge in [-0.05, 0) is 57.8 Å². The molecule has 1 N–H and O–H groups in total. The van der Waals surface area contributed by atoms with Gasteiger partial charge in [0, 0.05) is 19.3 Å². The van der Waals surface area contributed by atoms with Gasteiger partial charge in [0.15, 0.2) is 12.1 Å². The van der Waals surface area contributed by atoms with E-state index in [0.717, 1.165) is 83.5 Å². The van der Waals surface area contributed by atoms with Crippen LogP contribution in [0.2, 0.25) is 0 Å². The highest BCUT2D eigenvalue weighted by Gasteiger charge is 2.31. The fourth-order valence-electron chi connectivity index (χ4n) is 7.47. The fraction of sp³-hybridized carbons (Fsp3) is 0.764. The third-order valence-electron chi connectivity index (χ3n) is 11.4. The number of ether oxygens (including phenoxy) is 3. The minimum atomic E-state index is -0.879. The first kappa shape index (κ1) is 60.0. The molecule has 0 aliphatic heterocycles. The highest BCUT2D eigenvalue weighted by Crippen LogP contribution is 2.16. The van der Waals surface area contributed by atoms with Crippen molar-refractivity contribution in [2.24, 2.45) is 0 Å². The number of aliphatic carboxylic acids is 1. The Morgan fingerprint density at radius 3 is 1.32 bits per heavy atom. The Balaban J connectivity index is 4.29. The lowest BCUT2D eigenvalue weighted by molar-refractivity contribution is -0.887. The van der Waals surface area contributed by atoms with Crippen LogP contribution in [0.3, 0.4) is 0 Å². The minimum absolute atomic E-state index is 0.0506. The van der Waals surface area contributed by atoms with Crippen LogP contribution in [0.4, 0.5) is 0 Å². The third-order valence-corrected chi connectivity index (χ3v) is 11.4. The maximum Gasteiger partial charge on any atom is 0.362 e. The highest BCUT2D eigenvalue weighted by molar-refractivity contribution is 5.72. The van der Waals surface area contributed by atoms with E-state index in [1.807, 2.05) is 21.1 Å². The van der Waals surface area contributed by atoms with Crippen LogP contribution in [0, 0.1) is 0 Å². The molecule has 63 heavy (non-hydrogen) atoms. The van der Waals surface area contributed by atoms with E-state index in [0.29, 0.717) is 19.3 Å². The molecule has 0 rings (SSSR count). The van der Waals surface area contributed by atoms with E-state index in [1.165, 1.54) is 103 Å². The molecule has 0 aliphatic rings. The summed E-state index contributed by atoms with van der Waals surface area (Å²) in [4.78, 5) is 37.2. The molecular weight excluding hydrogens is 787 g/mol. The van der Waals surface area contributed by atoms with Gasteiger partial charge in [-0.2, -0.15) is 0 Å². The topological polar surface area (TPSA) is 99.1 Å². The number of rotatable bonds is 46. The summed E-state index contributed by atoms with van der Waals surface area (Å²) in [5.41, 5.74) is 0. The van der Waals surface area contributed by atoms with Crippen LogP contribution in [-0.4, -0.2) is 80.6 Å². The Hall–Kier alpha value is -2.97. The van der Waals surface area contributed by atoms with Gasteiger partial charge in [-0.1, -0.05) is 203 Å². The first-order valence-corrected chi connectivity index (χ1v) is 25.8. The summed E-state index contributed by atoms with van der Waals surface area (Å²) in [5, 5.41) is 9.65. The van der Waals surface area contributed by atoms with Crippen molar-refractivity contribution in [2.75, 3.05) is 41.0 Å². The number of carbonyl (C=O) groups excluding carboxylic acids is 2. The van der Waals surface area contributed by atoms with Crippen molar-refractivity contribution in [3.05, 3.63) is 60.8 Å². The van der Waals surface area contributed by atoms with Gasteiger partial charge in [0.05, 0.1) is 34.4 Å². The molecule has 0 amide bonds. The third kappa shape index (κ3) is 44.0. The van der Waals surface area contributed by atoms with Crippen LogP contribution in [-0.2, 0) is 28.6 Å². The zero-order valence-electron chi connectivity index (χ0n) is 41.5. The lowest BCUT2D eigenvalue weighted by Gasteiger charge is -2.31. The Labute approximate surface area is 388 Å². The molecule has 2 atom stereocenters. The zero-order valence-corrected chi connectivity index (χ0v) is 41.5. The van der Waals surface area contributed by atoms with Crippen molar-refractivity contribution in [1.82, 2.24) is 0 Å². The van der Waals surface area contributed by atoms with Crippen molar-refractivity contribution in [2.45, 2.75) is 231 Å². The zero-order chi connectivity index (χ0) is 46.3. The molecule has 0 radical (unpaired) electrons. The van der Waals surface area contributed by atoms with Gasteiger partial charge < -0.3 is 23.8 Å². The first-order valence-electron chi connectivity index (χ1n) is 25.8. The molecule has 0 aromatic carbocycles. The van der Waals surface area contributed by atoms with Gasteiger partial charge in [0.25, 0.3) is 0 Å². The van der Waals surface area contributed by atoms with Crippen molar-refractivity contribution in [3.63, 3.8) is 0 Å². The van der Waals surface area contributed by atoms with Gasteiger partial charge in [0.2, 0.25) is 0 Å². The molecule has 0 aromatic heterocycles. The van der Waals surface area contributed by atoms with E-state index < -0.39 is 18.1 Å². The largest absolute Gasteiger partial charge is 0.477 e. The predicted molar refractivity (Wildman–Crippen MR) is 266 cm³/mol. The highest BCUT2D eigenvalue weighted by atomic mass is 16.6. The molecule has 0 saturated heterocycles. The molecule has 2 unspecified atom stereocenters. The molecule has 0 fully saturated rings. The molecule has 0 heterocycles. The summed E-state index contributed by atoms with van der Waals surface area (Å²) in [6.45, 7) is 4.62. The molecule has 8 heteroatoms. The van der Waals surface area contributed by atoms with Gasteiger partial charge in [-0.15, -0.1) is 0 Å². The molecule has 0 aromatic rings. The van der Waals surface area contributed by atoms with E-state index in [2.05, 4.69) is 74.6 Å². The number of carboxylic acid groups (broad SMARTS) is 1. The maximum absolute atomic E-state index is 12.8. The van der Waals surface area contributed by atoms with Crippen molar-refractivity contribution in [1.29, 1.82) is 0 Å². The van der Waals surface area contributed by atoms with Gasteiger partial charge in [-0.3, -0.25) is 9.59 Å². The summed E-state index contributed by atoms with van der Waals surface area (Å²) >= 11 is 0. The molecule has 8 nitrogen and oxygen atoms in total. The van der Waals surface area contributed by atoms with Crippen molar-refractivity contribution in [3.8, 4) is 0 Å². The molecule has 0 spiro atoms. The minimum Gasteiger partial charge on any atom is -0.477 e. The standard InChI is InChI=1S/C55H97NO7/c1-6-8-10-12-14-16-18-20-22-24-26-28-30-32-34-36-38-40-42-44-46-54(58)63-51(49-61-48-47-52(55(59)60)56(3,4)5)50-62-53(57)45-43-41-39-37-35-33-31-29-27-25-23-21-19-17-15-13-11-9-7-2/h8,10,14,16,20,22,26,28,32,34,51-52H,6-7,9,11-13,15,17-19,21,23-25,27,29-31,33,35-50H2,1-5H3/p+1/b10-8+,16-14+,22-20+,28-26+,34-32+. The van der Waals surface area contributed by atoms with Crippen LogP contribution in [0.1, 0.15) is 219 Å². The van der Waals surface area contributed by atoms with E-state index in [-0.39, 0.29) is 36.2 Å².